The Morgan fingerprint density at radius 1 is 0.571 bits per heavy atom. The lowest BCUT2D eigenvalue weighted by molar-refractivity contribution is 0.185. The molecule has 0 N–H and O–H groups in total. The molecule has 35 heavy (non-hydrogen) atoms. The zero-order chi connectivity index (χ0) is 24.2. The van der Waals surface area contributed by atoms with E-state index in [0.29, 0.717) is 18.1 Å². The van der Waals surface area contributed by atoms with E-state index >= 15 is 0 Å². The summed E-state index contributed by atoms with van der Waals surface area (Å²) in [5.41, 5.74) is 8.42. The van der Waals surface area contributed by atoms with E-state index in [1.54, 1.807) is 27.7 Å². The molecular formula is C30H26N2O3. The lowest BCUT2D eigenvalue weighted by Crippen LogP contribution is -1.92. The summed E-state index contributed by atoms with van der Waals surface area (Å²) in [6.07, 6.45) is 1.62. The van der Waals surface area contributed by atoms with Gasteiger partial charge in [0.05, 0.1) is 32.0 Å². The molecule has 5 rings (SSSR count). The predicted molar refractivity (Wildman–Crippen MR) is 140 cm³/mol. The first-order valence-electron chi connectivity index (χ1n) is 11.4. The molecule has 0 saturated carbocycles. The van der Waals surface area contributed by atoms with Crippen LogP contribution in [0.25, 0.3) is 44.4 Å². The van der Waals surface area contributed by atoms with Gasteiger partial charge in [-0.15, -0.1) is 0 Å². The number of aromatic nitrogens is 2. The molecule has 5 nitrogen and oxygen atoms in total. The molecule has 0 aliphatic heterocycles. The van der Waals surface area contributed by atoms with Crippen LogP contribution in [0, 0.1) is 0 Å². The van der Waals surface area contributed by atoms with Crippen molar-refractivity contribution in [1.82, 2.24) is 9.97 Å². The largest absolute Gasteiger partial charge is 0.493 e. The van der Waals surface area contributed by atoms with Gasteiger partial charge in [0.25, 0.3) is 0 Å². The number of benzene rings is 4. The van der Waals surface area contributed by atoms with Crippen LogP contribution in [0.5, 0.6) is 11.5 Å². The highest BCUT2D eigenvalue weighted by molar-refractivity contribution is 5.95. The van der Waals surface area contributed by atoms with E-state index in [1.807, 2.05) is 24.3 Å². The highest BCUT2D eigenvalue weighted by atomic mass is 16.5. The predicted octanol–water partition coefficient (Wildman–Crippen LogP) is 6.79. The summed E-state index contributed by atoms with van der Waals surface area (Å²) in [6.45, 7) is 0.616. The van der Waals surface area contributed by atoms with Crippen molar-refractivity contribution >= 4 is 10.9 Å². The molecule has 0 amide bonds. The first kappa shape index (κ1) is 22.6. The van der Waals surface area contributed by atoms with Crippen molar-refractivity contribution in [2.45, 2.75) is 6.61 Å². The fourth-order valence-corrected chi connectivity index (χ4v) is 4.26. The van der Waals surface area contributed by atoms with Crippen molar-refractivity contribution in [3.05, 3.63) is 96.8 Å². The average Bonchev–Trinajstić information content (AvgIpc) is 2.93. The Morgan fingerprint density at radius 2 is 1.17 bits per heavy atom. The van der Waals surface area contributed by atoms with Crippen LogP contribution in [0.3, 0.4) is 0 Å². The molecule has 5 heteroatoms. The third kappa shape index (κ3) is 4.59. The number of nitrogens with zero attached hydrogens (tertiary/aromatic N) is 2. The Labute approximate surface area is 205 Å². The monoisotopic (exact) mass is 462 g/mol. The molecule has 174 valence electrons. The Morgan fingerprint density at radius 3 is 1.86 bits per heavy atom. The summed E-state index contributed by atoms with van der Waals surface area (Å²) in [7, 11) is 4.99. The standard InChI is InChI=1S/C30H26N2O3/c1-33-18-20-4-6-21(7-5-20)22-8-10-23(11-9-22)30-26-16-24(12-14-27(26)31-19-32-30)25-13-15-28(34-2)29(17-25)35-3/h4-17,19H,18H2,1-3H3. The smallest absolute Gasteiger partial charge is 0.161 e. The fraction of sp³-hybridized carbons (Fsp3) is 0.133. The van der Waals surface area contributed by atoms with Crippen LogP contribution < -0.4 is 9.47 Å². The molecule has 0 spiro atoms. The topological polar surface area (TPSA) is 53.5 Å². The second kappa shape index (κ2) is 9.95. The molecule has 4 aromatic carbocycles. The van der Waals surface area contributed by atoms with E-state index in [1.165, 1.54) is 5.56 Å². The third-order valence-corrected chi connectivity index (χ3v) is 6.11. The maximum Gasteiger partial charge on any atom is 0.161 e. The highest BCUT2D eigenvalue weighted by Gasteiger charge is 2.11. The molecular weight excluding hydrogens is 436 g/mol. The second-order valence-corrected chi connectivity index (χ2v) is 8.23. The highest BCUT2D eigenvalue weighted by Crippen LogP contribution is 2.35. The van der Waals surface area contributed by atoms with Gasteiger partial charge in [0, 0.05) is 18.1 Å². The Kier molecular flexibility index (Phi) is 6.42. The van der Waals surface area contributed by atoms with Crippen LogP contribution in [0.2, 0.25) is 0 Å². The van der Waals surface area contributed by atoms with Gasteiger partial charge in [0.1, 0.15) is 6.33 Å². The van der Waals surface area contributed by atoms with Gasteiger partial charge in [-0.05, 0) is 52.1 Å². The normalized spacial score (nSPS) is 10.9. The minimum absolute atomic E-state index is 0.616. The SMILES string of the molecule is COCc1ccc(-c2ccc(-c3ncnc4ccc(-c5ccc(OC)c(OC)c5)cc34)cc2)cc1. The van der Waals surface area contributed by atoms with Crippen molar-refractivity contribution < 1.29 is 14.2 Å². The van der Waals surface area contributed by atoms with Crippen molar-refractivity contribution in [2.24, 2.45) is 0 Å². The quantitative estimate of drug-likeness (QED) is 0.266. The van der Waals surface area contributed by atoms with Crippen molar-refractivity contribution in [3.8, 4) is 45.0 Å². The summed E-state index contributed by atoms with van der Waals surface area (Å²) in [5.74, 6) is 1.40. The van der Waals surface area contributed by atoms with Crippen LogP contribution in [-0.2, 0) is 11.3 Å². The molecule has 0 aliphatic rings. The molecule has 0 bridgehead atoms. The van der Waals surface area contributed by atoms with E-state index < -0.39 is 0 Å². The van der Waals surface area contributed by atoms with E-state index in [-0.39, 0.29) is 0 Å². The van der Waals surface area contributed by atoms with E-state index in [2.05, 4.69) is 70.6 Å². The minimum Gasteiger partial charge on any atom is -0.493 e. The van der Waals surface area contributed by atoms with Gasteiger partial charge in [-0.1, -0.05) is 60.7 Å². The van der Waals surface area contributed by atoms with Gasteiger partial charge in [0.15, 0.2) is 11.5 Å². The molecule has 1 aromatic heterocycles. The zero-order valence-electron chi connectivity index (χ0n) is 20.0. The molecule has 0 radical (unpaired) electrons. The first-order valence-corrected chi connectivity index (χ1v) is 11.4. The number of ether oxygens (including phenoxy) is 3. The molecule has 0 aliphatic carbocycles. The fourth-order valence-electron chi connectivity index (χ4n) is 4.26. The lowest BCUT2D eigenvalue weighted by Gasteiger charge is -2.11. The molecule has 0 atom stereocenters. The molecule has 1 heterocycles. The number of hydrogen-bond acceptors (Lipinski definition) is 5. The summed E-state index contributed by atoms with van der Waals surface area (Å²) < 4.78 is 16.1. The number of methoxy groups -OCH3 is 3. The van der Waals surface area contributed by atoms with Crippen LogP contribution >= 0.6 is 0 Å². The summed E-state index contributed by atoms with van der Waals surface area (Å²) >= 11 is 0. The van der Waals surface area contributed by atoms with Gasteiger partial charge in [-0.25, -0.2) is 9.97 Å². The van der Waals surface area contributed by atoms with Crippen molar-refractivity contribution in [1.29, 1.82) is 0 Å². The lowest BCUT2D eigenvalue weighted by atomic mass is 9.98. The first-order chi connectivity index (χ1) is 17.2. The second-order valence-electron chi connectivity index (χ2n) is 8.23. The zero-order valence-corrected chi connectivity index (χ0v) is 20.0. The van der Waals surface area contributed by atoms with Crippen LogP contribution in [-0.4, -0.2) is 31.3 Å². The van der Waals surface area contributed by atoms with E-state index in [0.717, 1.165) is 44.4 Å². The Bertz CT molecular complexity index is 1460. The number of hydrogen-bond donors (Lipinski definition) is 0. The number of fused-ring (bicyclic) bond motifs is 1. The molecule has 0 fully saturated rings. The minimum atomic E-state index is 0.616. The van der Waals surface area contributed by atoms with Gasteiger partial charge >= 0.3 is 0 Å². The van der Waals surface area contributed by atoms with Crippen LogP contribution in [0.15, 0.2) is 91.3 Å². The van der Waals surface area contributed by atoms with Crippen LogP contribution in [0.4, 0.5) is 0 Å². The Hall–Kier alpha value is -4.22. The van der Waals surface area contributed by atoms with E-state index in [4.69, 9.17) is 14.2 Å². The van der Waals surface area contributed by atoms with Crippen LogP contribution in [0.1, 0.15) is 5.56 Å². The van der Waals surface area contributed by atoms with Gasteiger partial charge in [-0.2, -0.15) is 0 Å². The van der Waals surface area contributed by atoms with Gasteiger partial charge in [0.2, 0.25) is 0 Å². The van der Waals surface area contributed by atoms with Crippen molar-refractivity contribution in [2.75, 3.05) is 21.3 Å². The summed E-state index contributed by atoms with van der Waals surface area (Å²) in [5, 5.41) is 0.997. The molecule has 0 saturated heterocycles. The maximum atomic E-state index is 5.49. The maximum absolute atomic E-state index is 5.49. The van der Waals surface area contributed by atoms with E-state index in [9.17, 15) is 0 Å². The number of rotatable bonds is 7. The Balaban J connectivity index is 1.51. The van der Waals surface area contributed by atoms with Gasteiger partial charge in [-0.3, -0.25) is 0 Å². The average molecular weight is 463 g/mol. The summed E-state index contributed by atoms with van der Waals surface area (Å²) in [4.78, 5) is 9.12. The third-order valence-electron chi connectivity index (χ3n) is 6.11. The van der Waals surface area contributed by atoms with Crippen molar-refractivity contribution in [3.63, 3.8) is 0 Å². The van der Waals surface area contributed by atoms with Gasteiger partial charge < -0.3 is 14.2 Å². The summed E-state index contributed by atoms with van der Waals surface area (Å²) in [6, 6.07) is 29.1. The molecule has 0 unspecified atom stereocenters. The molecule has 5 aromatic rings.